The summed E-state index contributed by atoms with van der Waals surface area (Å²) in [4.78, 5) is 4.53. The van der Waals surface area contributed by atoms with Gasteiger partial charge in [0.05, 0.1) is 6.04 Å². The lowest BCUT2D eigenvalue weighted by Crippen LogP contribution is -2.22. The van der Waals surface area contributed by atoms with Gasteiger partial charge in [-0.25, -0.2) is 4.98 Å². The Bertz CT molecular complexity index is 594. The monoisotopic (exact) mass is 274 g/mol. The van der Waals surface area contributed by atoms with E-state index in [9.17, 15) is 5.11 Å². The molecule has 0 fully saturated rings. The molecule has 2 aromatic rings. The Labute approximate surface area is 117 Å². The van der Waals surface area contributed by atoms with Crippen LogP contribution in [-0.2, 0) is 6.42 Å². The number of nitrogens with one attached hydrogen (secondary N) is 1. The Morgan fingerprint density at radius 3 is 3.05 bits per heavy atom. The Balaban J connectivity index is 1.78. The molecule has 3 nitrogen and oxygen atoms in total. The van der Waals surface area contributed by atoms with E-state index in [0.717, 1.165) is 29.1 Å². The van der Waals surface area contributed by atoms with E-state index >= 15 is 0 Å². The fourth-order valence-corrected chi connectivity index (χ4v) is 3.57. The van der Waals surface area contributed by atoms with Gasteiger partial charge in [-0.3, -0.25) is 0 Å². The maximum Gasteiger partial charge on any atom is 0.119 e. The molecule has 2 atom stereocenters. The number of aromatic hydroxyl groups is 1. The van der Waals surface area contributed by atoms with Crippen LogP contribution in [0, 0.1) is 6.92 Å². The number of aryl methyl sites for hydroxylation is 1. The predicted molar refractivity (Wildman–Crippen MR) is 77.6 cm³/mol. The first kappa shape index (κ1) is 12.6. The van der Waals surface area contributed by atoms with Gasteiger partial charge in [0.1, 0.15) is 10.8 Å². The largest absolute Gasteiger partial charge is 0.508 e. The molecule has 100 valence electrons. The minimum absolute atomic E-state index is 0.247. The van der Waals surface area contributed by atoms with E-state index in [2.05, 4.69) is 28.7 Å². The molecular formula is C15H18N2OS. The number of rotatable bonds is 3. The van der Waals surface area contributed by atoms with Crippen LogP contribution in [0.1, 0.15) is 47.3 Å². The molecule has 0 bridgehead atoms. The van der Waals surface area contributed by atoms with Crippen LogP contribution in [0.5, 0.6) is 5.75 Å². The second-order valence-corrected chi connectivity index (χ2v) is 6.04. The van der Waals surface area contributed by atoms with Crippen molar-refractivity contribution in [1.29, 1.82) is 0 Å². The van der Waals surface area contributed by atoms with Crippen LogP contribution in [0.3, 0.4) is 0 Å². The highest BCUT2D eigenvalue weighted by Gasteiger charge is 2.26. The van der Waals surface area contributed by atoms with Crippen molar-refractivity contribution >= 4 is 11.3 Å². The molecule has 2 N–H and O–H groups in total. The third kappa shape index (κ3) is 2.38. The standard InChI is InChI=1S/C15H18N2OS/c1-9-8-19-15(16-9)10(2)17-13-7-6-12-11(13)4-3-5-14(12)18/h3-5,8,10,13,17-18H,6-7H2,1-2H3. The molecule has 1 aromatic carbocycles. The van der Waals surface area contributed by atoms with Gasteiger partial charge in [0.25, 0.3) is 0 Å². The number of phenols is 1. The van der Waals surface area contributed by atoms with Gasteiger partial charge in [0.2, 0.25) is 0 Å². The maximum absolute atomic E-state index is 9.87. The number of fused-ring (bicyclic) bond motifs is 1. The van der Waals surface area contributed by atoms with Crippen molar-refractivity contribution in [1.82, 2.24) is 10.3 Å². The summed E-state index contributed by atoms with van der Waals surface area (Å²) in [6.07, 6.45) is 1.99. The second kappa shape index (κ2) is 4.94. The molecule has 2 unspecified atom stereocenters. The molecular weight excluding hydrogens is 256 g/mol. The minimum atomic E-state index is 0.247. The van der Waals surface area contributed by atoms with Crippen molar-refractivity contribution in [2.24, 2.45) is 0 Å². The first-order valence-electron chi connectivity index (χ1n) is 6.64. The van der Waals surface area contributed by atoms with Crippen LogP contribution in [0.25, 0.3) is 0 Å². The van der Waals surface area contributed by atoms with Crippen LogP contribution < -0.4 is 5.32 Å². The summed E-state index contributed by atoms with van der Waals surface area (Å²) >= 11 is 1.70. The minimum Gasteiger partial charge on any atom is -0.508 e. The third-order valence-corrected chi connectivity index (χ3v) is 4.85. The van der Waals surface area contributed by atoms with Gasteiger partial charge < -0.3 is 10.4 Å². The van der Waals surface area contributed by atoms with Gasteiger partial charge in [0.15, 0.2) is 0 Å². The molecule has 0 spiro atoms. The molecule has 1 aromatic heterocycles. The second-order valence-electron chi connectivity index (χ2n) is 5.15. The Morgan fingerprint density at radius 1 is 1.47 bits per heavy atom. The highest BCUT2D eigenvalue weighted by molar-refractivity contribution is 7.09. The van der Waals surface area contributed by atoms with Gasteiger partial charge in [-0.05, 0) is 43.9 Å². The summed E-state index contributed by atoms with van der Waals surface area (Å²) < 4.78 is 0. The molecule has 4 heteroatoms. The van der Waals surface area contributed by atoms with E-state index in [1.165, 1.54) is 5.56 Å². The van der Waals surface area contributed by atoms with E-state index in [4.69, 9.17) is 0 Å². The molecule has 1 heterocycles. The molecule has 0 radical (unpaired) electrons. The van der Waals surface area contributed by atoms with E-state index < -0.39 is 0 Å². The summed E-state index contributed by atoms with van der Waals surface area (Å²) in [6, 6.07) is 6.37. The average Bonchev–Trinajstić information content (AvgIpc) is 2.98. The topological polar surface area (TPSA) is 45.1 Å². The molecule has 0 amide bonds. The smallest absolute Gasteiger partial charge is 0.119 e. The van der Waals surface area contributed by atoms with Crippen molar-refractivity contribution in [2.45, 2.75) is 38.8 Å². The first-order chi connectivity index (χ1) is 9.15. The lowest BCUT2D eigenvalue weighted by molar-refractivity contribution is 0.463. The van der Waals surface area contributed by atoms with Crippen LogP contribution >= 0.6 is 11.3 Å². The van der Waals surface area contributed by atoms with E-state index in [-0.39, 0.29) is 6.04 Å². The highest BCUT2D eigenvalue weighted by Crippen LogP contribution is 2.37. The number of thiazole rings is 1. The number of benzene rings is 1. The van der Waals surface area contributed by atoms with Crippen LogP contribution in [0.2, 0.25) is 0 Å². The number of phenolic OH excluding ortho intramolecular Hbond substituents is 1. The molecule has 0 saturated carbocycles. The third-order valence-electron chi connectivity index (χ3n) is 3.70. The van der Waals surface area contributed by atoms with Gasteiger partial charge >= 0.3 is 0 Å². The number of nitrogens with zero attached hydrogens (tertiary/aromatic N) is 1. The quantitative estimate of drug-likeness (QED) is 0.900. The Morgan fingerprint density at radius 2 is 2.32 bits per heavy atom. The zero-order chi connectivity index (χ0) is 13.4. The average molecular weight is 274 g/mol. The zero-order valence-electron chi connectivity index (χ0n) is 11.2. The van der Waals surface area contributed by atoms with Crippen molar-refractivity contribution in [3.8, 4) is 5.75 Å². The van der Waals surface area contributed by atoms with Crippen molar-refractivity contribution in [3.05, 3.63) is 45.4 Å². The Kier molecular flexibility index (Phi) is 3.29. The summed E-state index contributed by atoms with van der Waals surface area (Å²) in [6.45, 7) is 4.18. The molecule has 0 saturated heterocycles. The highest BCUT2D eigenvalue weighted by atomic mass is 32.1. The van der Waals surface area contributed by atoms with Gasteiger partial charge in [-0.2, -0.15) is 0 Å². The van der Waals surface area contributed by atoms with Crippen molar-refractivity contribution in [3.63, 3.8) is 0 Å². The lowest BCUT2D eigenvalue weighted by Gasteiger charge is -2.18. The van der Waals surface area contributed by atoms with Crippen molar-refractivity contribution < 1.29 is 5.11 Å². The van der Waals surface area contributed by atoms with Gasteiger partial charge in [0, 0.05) is 17.1 Å². The fraction of sp³-hybridized carbons (Fsp3) is 0.400. The molecule has 3 rings (SSSR count). The maximum atomic E-state index is 9.87. The van der Waals surface area contributed by atoms with E-state index in [1.54, 1.807) is 17.4 Å². The first-order valence-corrected chi connectivity index (χ1v) is 7.52. The summed E-state index contributed by atoms with van der Waals surface area (Å²) in [7, 11) is 0. The van der Waals surface area contributed by atoms with Crippen molar-refractivity contribution in [2.75, 3.05) is 0 Å². The van der Waals surface area contributed by atoms with E-state index in [1.807, 2.05) is 13.0 Å². The summed E-state index contributed by atoms with van der Waals surface area (Å²) in [5.41, 5.74) is 3.42. The number of aromatic nitrogens is 1. The normalized spacial score (nSPS) is 19.4. The summed E-state index contributed by atoms with van der Waals surface area (Å²) in [5, 5.41) is 16.7. The van der Waals surface area contributed by atoms with Gasteiger partial charge in [-0.15, -0.1) is 11.3 Å². The predicted octanol–water partition coefficient (Wildman–Crippen LogP) is 3.50. The molecule has 19 heavy (non-hydrogen) atoms. The molecule has 1 aliphatic rings. The number of hydrogen-bond donors (Lipinski definition) is 2. The van der Waals surface area contributed by atoms with Gasteiger partial charge in [-0.1, -0.05) is 12.1 Å². The molecule has 0 aliphatic heterocycles. The lowest BCUT2D eigenvalue weighted by atomic mass is 10.1. The zero-order valence-corrected chi connectivity index (χ0v) is 12.0. The molecule has 1 aliphatic carbocycles. The SMILES string of the molecule is Cc1csc(C(C)NC2CCc3c(O)cccc32)n1. The van der Waals surface area contributed by atoms with Crippen LogP contribution in [0.15, 0.2) is 23.6 Å². The fourth-order valence-electron chi connectivity index (χ4n) is 2.75. The Hall–Kier alpha value is -1.39. The van der Waals surface area contributed by atoms with Crippen LogP contribution in [-0.4, -0.2) is 10.1 Å². The van der Waals surface area contributed by atoms with Crippen LogP contribution in [0.4, 0.5) is 0 Å². The van der Waals surface area contributed by atoms with E-state index in [0.29, 0.717) is 11.8 Å². The number of hydrogen-bond acceptors (Lipinski definition) is 4. The summed E-state index contributed by atoms with van der Waals surface area (Å²) in [5.74, 6) is 0.430.